The second-order valence-electron chi connectivity index (χ2n) is 4.64. The Morgan fingerprint density at radius 2 is 1.84 bits per heavy atom. The second-order valence-corrected chi connectivity index (χ2v) is 4.64. The van der Waals surface area contributed by atoms with Crippen LogP contribution in [0.2, 0.25) is 0 Å². The standard InChI is InChI=1S/C18H18O/c1-4-5-12-19-18-11-10-15(13-14(2)3)16-8-6-7-9-17(16)18/h6-11,13H,12H2,1-3H3. The lowest BCUT2D eigenvalue weighted by atomic mass is 10.0. The van der Waals surface area contributed by atoms with Gasteiger partial charge in [-0.25, -0.2) is 0 Å². The molecule has 0 amide bonds. The average Bonchev–Trinajstić information content (AvgIpc) is 2.41. The van der Waals surface area contributed by atoms with Gasteiger partial charge in [0.1, 0.15) is 12.4 Å². The molecule has 0 aliphatic carbocycles. The zero-order valence-electron chi connectivity index (χ0n) is 11.7. The summed E-state index contributed by atoms with van der Waals surface area (Å²) < 4.78 is 5.73. The Morgan fingerprint density at radius 1 is 1.11 bits per heavy atom. The van der Waals surface area contributed by atoms with E-state index < -0.39 is 0 Å². The normalized spacial score (nSPS) is 9.63. The quantitative estimate of drug-likeness (QED) is 0.719. The first-order chi connectivity index (χ1) is 9.22. The predicted octanol–water partition coefficient (Wildman–Crippen LogP) is 4.67. The van der Waals surface area contributed by atoms with Gasteiger partial charge in [-0.2, -0.15) is 0 Å². The summed E-state index contributed by atoms with van der Waals surface area (Å²) >= 11 is 0. The summed E-state index contributed by atoms with van der Waals surface area (Å²) in [6.45, 7) is 6.47. The summed E-state index contributed by atoms with van der Waals surface area (Å²) in [5.41, 5.74) is 2.51. The van der Waals surface area contributed by atoms with E-state index in [9.17, 15) is 0 Å². The van der Waals surface area contributed by atoms with Crippen LogP contribution in [-0.2, 0) is 0 Å². The minimum absolute atomic E-state index is 0.433. The molecule has 0 heterocycles. The molecule has 0 radical (unpaired) electrons. The van der Waals surface area contributed by atoms with Gasteiger partial charge in [-0.05, 0) is 37.8 Å². The van der Waals surface area contributed by atoms with Gasteiger partial charge in [0.25, 0.3) is 0 Å². The number of rotatable bonds is 3. The Labute approximate surface area is 114 Å². The molecular formula is C18H18O. The lowest BCUT2D eigenvalue weighted by molar-refractivity contribution is 0.374. The first-order valence-corrected chi connectivity index (χ1v) is 6.41. The Hall–Kier alpha value is -2.20. The monoisotopic (exact) mass is 250 g/mol. The highest BCUT2D eigenvalue weighted by Crippen LogP contribution is 2.29. The van der Waals surface area contributed by atoms with Crippen LogP contribution in [0, 0.1) is 11.8 Å². The molecule has 0 fully saturated rings. The van der Waals surface area contributed by atoms with Crippen LogP contribution in [-0.4, -0.2) is 6.61 Å². The maximum Gasteiger partial charge on any atom is 0.149 e. The molecule has 0 bridgehead atoms. The molecule has 0 aliphatic heterocycles. The number of allylic oxidation sites excluding steroid dienone is 1. The number of ether oxygens (including phenoxy) is 1. The van der Waals surface area contributed by atoms with Gasteiger partial charge in [-0.1, -0.05) is 47.9 Å². The minimum atomic E-state index is 0.433. The molecule has 96 valence electrons. The SMILES string of the molecule is CC#CCOc1ccc(C=C(C)C)c2ccccc12. The van der Waals surface area contributed by atoms with Gasteiger partial charge >= 0.3 is 0 Å². The van der Waals surface area contributed by atoms with E-state index in [1.54, 1.807) is 0 Å². The van der Waals surface area contributed by atoms with Crippen molar-refractivity contribution >= 4 is 16.8 Å². The van der Waals surface area contributed by atoms with Crippen molar-refractivity contribution in [3.05, 3.63) is 47.5 Å². The third-order valence-corrected chi connectivity index (χ3v) is 2.84. The average molecular weight is 250 g/mol. The van der Waals surface area contributed by atoms with Gasteiger partial charge in [-0.3, -0.25) is 0 Å². The number of benzene rings is 2. The molecule has 0 aromatic heterocycles. The van der Waals surface area contributed by atoms with Crippen LogP contribution in [0.15, 0.2) is 42.0 Å². The fourth-order valence-electron chi connectivity index (χ4n) is 2.04. The molecular weight excluding hydrogens is 232 g/mol. The highest BCUT2D eigenvalue weighted by Gasteiger charge is 2.04. The molecule has 1 heteroatoms. The van der Waals surface area contributed by atoms with E-state index in [4.69, 9.17) is 4.74 Å². The largest absolute Gasteiger partial charge is 0.480 e. The summed E-state index contributed by atoms with van der Waals surface area (Å²) in [6.07, 6.45) is 2.19. The first-order valence-electron chi connectivity index (χ1n) is 6.41. The third kappa shape index (κ3) is 3.17. The molecule has 1 nitrogen and oxygen atoms in total. The highest BCUT2D eigenvalue weighted by molar-refractivity contribution is 5.95. The summed E-state index contributed by atoms with van der Waals surface area (Å²) in [4.78, 5) is 0. The highest BCUT2D eigenvalue weighted by atomic mass is 16.5. The van der Waals surface area contributed by atoms with E-state index in [1.807, 2.05) is 19.1 Å². The molecule has 0 N–H and O–H groups in total. The summed E-state index contributed by atoms with van der Waals surface area (Å²) in [7, 11) is 0. The van der Waals surface area contributed by atoms with Gasteiger partial charge in [0.2, 0.25) is 0 Å². The van der Waals surface area contributed by atoms with Gasteiger partial charge in [0.15, 0.2) is 0 Å². The number of hydrogen-bond donors (Lipinski definition) is 0. The molecule has 0 saturated heterocycles. The maximum atomic E-state index is 5.73. The molecule has 2 aromatic rings. The van der Waals surface area contributed by atoms with E-state index in [-0.39, 0.29) is 0 Å². The van der Waals surface area contributed by atoms with Crippen LogP contribution in [0.5, 0.6) is 5.75 Å². The lowest BCUT2D eigenvalue weighted by Crippen LogP contribution is -1.95. The van der Waals surface area contributed by atoms with Crippen LogP contribution < -0.4 is 4.74 Å². The van der Waals surface area contributed by atoms with Gasteiger partial charge in [0.05, 0.1) is 0 Å². The van der Waals surface area contributed by atoms with E-state index >= 15 is 0 Å². The third-order valence-electron chi connectivity index (χ3n) is 2.84. The minimum Gasteiger partial charge on any atom is -0.480 e. The van der Waals surface area contributed by atoms with Crippen molar-refractivity contribution in [2.24, 2.45) is 0 Å². The lowest BCUT2D eigenvalue weighted by Gasteiger charge is -2.09. The molecule has 0 aliphatic rings. The van der Waals surface area contributed by atoms with Gasteiger partial charge < -0.3 is 4.74 Å². The summed E-state index contributed by atoms with van der Waals surface area (Å²) in [5, 5.41) is 2.35. The van der Waals surface area contributed by atoms with Crippen molar-refractivity contribution in [1.29, 1.82) is 0 Å². The zero-order chi connectivity index (χ0) is 13.7. The Balaban J connectivity index is 2.50. The topological polar surface area (TPSA) is 9.23 Å². The van der Waals surface area contributed by atoms with Crippen molar-refractivity contribution in [1.82, 2.24) is 0 Å². The predicted molar refractivity (Wildman–Crippen MR) is 82.2 cm³/mol. The van der Waals surface area contributed by atoms with E-state index in [1.165, 1.54) is 16.5 Å². The van der Waals surface area contributed by atoms with Gasteiger partial charge in [-0.15, -0.1) is 5.92 Å². The van der Waals surface area contributed by atoms with Crippen molar-refractivity contribution in [2.75, 3.05) is 6.61 Å². The van der Waals surface area contributed by atoms with E-state index in [0.29, 0.717) is 6.61 Å². The molecule has 2 aromatic carbocycles. The zero-order valence-corrected chi connectivity index (χ0v) is 11.7. The molecule has 0 unspecified atom stereocenters. The smallest absolute Gasteiger partial charge is 0.149 e. The van der Waals surface area contributed by atoms with Crippen LogP contribution in [0.1, 0.15) is 26.3 Å². The molecule has 0 saturated carbocycles. The molecule has 0 atom stereocenters. The van der Waals surface area contributed by atoms with Crippen LogP contribution >= 0.6 is 0 Å². The molecule has 0 spiro atoms. The van der Waals surface area contributed by atoms with Crippen LogP contribution in [0.4, 0.5) is 0 Å². The Kier molecular flexibility index (Phi) is 4.26. The summed E-state index contributed by atoms with van der Waals surface area (Å²) in [6, 6.07) is 12.4. The van der Waals surface area contributed by atoms with Crippen LogP contribution in [0.3, 0.4) is 0 Å². The van der Waals surface area contributed by atoms with Crippen molar-refractivity contribution in [3.63, 3.8) is 0 Å². The first kappa shape index (κ1) is 13.2. The van der Waals surface area contributed by atoms with Gasteiger partial charge in [0, 0.05) is 5.39 Å². The van der Waals surface area contributed by atoms with E-state index in [2.05, 4.69) is 56.0 Å². The van der Waals surface area contributed by atoms with Crippen LogP contribution in [0.25, 0.3) is 16.8 Å². The van der Waals surface area contributed by atoms with Crippen molar-refractivity contribution in [2.45, 2.75) is 20.8 Å². The van der Waals surface area contributed by atoms with Crippen molar-refractivity contribution < 1.29 is 4.74 Å². The Morgan fingerprint density at radius 3 is 2.53 bits per heavy atom. The number of hydrogen-bond acceptors (Lipinski definition) is 1. The van der Waals surface area contributed by atoms with Crippen molar-refractivity contribution in [3.8, 4) is 17.6 Å². The van der Waals surface area contributed by atoms with E-state index in [0.717, 1.165) is 11.1 Å². The fraction of sp³-hybridized carbons (Fsp3) is 0.222. The number of fused-ring (bicyclic) bond motifs is 1. The summed E-state index contributed by atoms with van der Waals surface area (Å²) in [5.74, 6) is 6.66. The maximum absolute atomic E-state index is 5.73. The Bertz CT molecular complexity index is 665. The molecule has 19 heavy (non-hydrogen) atoms. The second kappa shape index (κ2) is 6.11. The molecule has 2 rings (SSSR count). The fourth-order valence-corrected chi connectivity index (χ4v) is 2.04.